The van der Waals surface area contributed by atoms with Crippen molar-refractivity contribution in [3.8, 4) is 5.75 Å². The molecule has 19 N–H and O–H groups in total. The molecule has 2 aliphatic rings. The maximum absolute atomic E-state index is 15.3. The van der Waals surface area contributed by atoms with Crippen LogP contribution in [0.2, 0.25) is 0 Å². The minimum Gasteiger partial charge on any atom is -0.508 e. The molecule has 35 heteroatoms. The Hall–Kier alpha value is -8.49. The number of phenolic OH excluding ortho intramolecular Hbond substituents is 1. The molecule has 100 heavy (non-hydrogen) atoms. The Kier molecular flexibility index (Phi) is 32.7. The first kappa shape index (κ1) is 80.5. The number of hydrogen-bond donors (Lipinski definition) is 18. The Morgan fingerprint density at radius 2 is 1.15 bits per heavy atom. The molecule has 0 bridgehead atoms. The van der Waals surface area contributed by atoms with Crippen molar-refractivity contribution in [3.63, 3.8) is 0 Å². The number of benzene rings is 3. The fourth-order valence-corrected chi connectivity index (χ4v) is 13.5. The van der Waals surface area contributed by atoms with Gasteiger partial charge in [0.15, 0.2) is 12.3 Å². The summed E-state index contributed by atoms with van der Waals surface area (Å²) in [5.41, 5.74) is 7.98. The molecule has 1 aromatic heterocycles. The van der Waals surface area contributed by atoms with Crippen LogP contribution < -0.4 is 48.3 Å². The number of phenols is 1. The van der Waals surface area contributed by atoms with Crippen molar-refractivity contribution in [2.24, 2.45) is 5.73 Å². The number of carbonyl (C=O) groups excluding carboxylic acids is 8. The van der Waals surface area contributed by atoms with E-state index >= 15 is 14.4 Å². The van der Waals surface area contributed by atoms with Crippen molar-refractivity contribution in [2.75, 3.05) is 96.6 Å². The number of β-amino-alcohol motifs (C(OH)–C–C–N with tert-alkyl or cyclic N) is 2. The van der Waals surface area contributed by atoms with Gasteiger partial charge in [0, 0.05) is 107 Å². The van der Waals surface area contributed by atoms with E-state index in [1.165, 1.54) is 24.3 Å². The van der Waals surface area contributed by atoms with Crippen molar-refractivity contribution in [2.45, 2.75) is 119 Å². The lowest BCUT2D eigenvalue weighted by Gasteiger charge is -2.33. The van der Waals surface area contributed by atoms with Crippen molar-refractivity contribution in [1.29, 1.82) is 0 Å². The lowest BCUT2D eigenvalue weighted by atomic mass is 10.0. The minimum absolute atomic E-state index is 0.0650. The fraction of sp³-hybridized carbons (Fsp3) is 0.523. The van der Waals surface area contributed by atoms with Gasteiger partial charge in [-0.2, -0.15) is 0 Å². The molecule has 33 nitrogen and oxygen atoms in total. The molecule has 2 aliphatic heterocycles. The first-order valence-electron chi connectivity index (χ1n) is 32.7. The number of para-hydroxylation sites is 1. The number of H-pyrrole nitrogens is 1. The smallest absolute Gasteiger partial charge is 0.328 e. The third-order valence-electron chi connectivity index (χ3n) is 16.6. The van der Waals surface area contributed by atoms with Crippen LogP contribution in [0.25, 0.3) is 10.9 Å². The van der Waals surface area contributed by atoms with Crippen LogP contribution in [0.3, 0.4) is 0 Å². The fourth-order valence-electron chi connectivity index (χ4n) is 11.2. The Balaban J connectivity index is 1.41. The Morgan fingerprint density at radius 1 is 0.600 bits per heavy atom. The lowest BCUT2D eigenvalue weighted by molar-refractivity contribution is -0.145. The highest BCUT2D eigenvalue weighted by Crippen LogP contribution is 2.25. The van der Waals surface area contributed by atoms with E-state index < -0.39 is 157 Å². The van der Waals surface area contributed by atoms with Crippen LogP contribution in [0.15, 0.2) is 85.1 Å². The van der Waals surface area contributed by atoms with Gasteiger partial charge >= 0.3 is 17.9 Å². The summed E-state index contributed by atoms with van der Waals surface area (Å²) >= 11 is 0. The number of aromatic hydroxyl groups is 1. The average Bonchev–Trinajstić information content (AvgIpc) is 1.59. The highest BCUT2D eigenvalue weighted by Gasteiger charge is 2.38. The first-order chi connectivity index (χ1) is 47.7. The van der Waals surface area contributed by atoms with E-state index in [2.05, 4.69) is 47.5 Å². The molecule has 0 radical (unpaired) electrons. The summed E-state index contributed by atoms with van der Waals surface area (Å²) in [6, 6.07) is 8.01. The number of aliphatic hydroxyl groups excluding tert-OH is 3. The predicted molar refractivity (Wildman–Crippen MR) is 367 cm³/mol. The van der Waals surface area contributed by atoms with E-state index in [0.717, 1.165) is 35.4 Å². The van der Waals surface area contributed by atoms with Gasteiger partial charge in [-0.1, -0.05) is 82.3 Å². The van der Waals surface area contributed by atoms with Gasteiger partial charge < -0.3 is 94.1 Å². The number of carboxylic acids is 3. The SMILES string of the molecule is C[C@@H](O)[C@H](NC(=O)[C@@H]1CSSC[C@H](NC(=O)[C@@H](Cc2ccccc2)NC(=O)CN2CCN(CC(=O)O)CCN(CC(=O)O)CCN(CC(O)O)CC2)C(=O)N[C@@H](Cc2ccc(O)cc2)C(=O)N[C@H](Cc2c[nH]c3ccccc23)C(=O)N[C@@H](CCCCN)C(=O)N[C@@H]([C@@H](C)O)C(=O)N1)C(=O)O. The molecular formula is C65H92N14O19S2. The number of nitrogens with zero attached hydrogens (tertiary/aromatic N) is 4. The highest BCUT2D eigenvalue weighted by atomic mass is 33.1. The topological polar surface area (TPSA) is 501 Å². The zero-order valence-electron chi connectivity index (χ0n) is 55.5. The van der Waals surface area contributed by atoms with Gasteiger partial charge in [0.1, 0.15) is 48.0 Å². The number of carboxylic acid groups (broad SMARTS) is 3. The van der Waals surface area contributed by atoms with Crippen LogP contribution in [0, 0.1) is 0 Å². The van der Waals surface area contributed by atoms with Crippen molar-refractivity contribution in [3.05, 3.63) is 102 Å². The molecule has 6 rings (SSSR count). The maximum atomic E-state index is 15.3. The summed E-state index contributed by atoms with van der Waals surface area (Å²) in [4.78, 5) is 164. The normalized spacial score (nSPS) is 22.0. The van der Waals surface area contributed by atoms with Gasteiger partial charge in [0.25, 0.3) is 0 Å². The van der Waals surface area contributed by atoms with Gasteiger partial charge in [0.05, 0.1) is 31.8 Å². The van der Waals surface area contributed by atoms with E-state index in [4.69, 9.17) is 5.73 Å². The summed E-state index contributed by atoms with van der Waals surface area (Å²) in [6.07, 6.45) is -3.67. The maximum Gasteiger partial charge on any atom is 0.328 e. The number of aliphatic hydroxyl groups is 4. The number of aromatic amines is 1. The molecule has 2 saturated heterocycles. The number of nitrogens with one attached hydrogen (secondary N) is 9. The highest BCUT2D eigenvalue weighted by molar-refractivity contribution is 8.76. The monoisotopic (exact) mass is 1440 g/mol. The van der Waals surface area contributed by atoms with Gasteiger partial charge in [-0.15, -0.1) is 0 Å². The van der Waals surface area contributed by atoms with E-state index in [0.29, 0.717) is 34.0 Å². The number of carbonyl (C=O) groups is 11. The number of nitrogens with two attached hydrogens (primary N) is 1. The molecule has 3 heterocycles. The van der Waals surface area contributed by atoms with Gasteiger partial charge in [0.2, 0.25) is 47.3 Å². The number of rotatable bonds is 26. The zero-order chi connectivity index (χ0) is 73.0. The summed E-state index contributed by atoms with van der Waals surface area (Å²) in [6.45, 7) is 1.92. The molecule has 10 atom stereocenters. The van der Waals surface area contributed by atoms with Crippen LogP contribution >= 0.6 is 21.6 Å². The van der Waals surface area contributed by atoms with E-state index in [1.807, 2.05) is 0 Å². The third-order valence-corrected chi connectivity index (χ3v) is 19.0. The number of fused-ring (bicyclic) bond motifs is 1. The number of hydrogen-bond acceptors (Lipinski definition) is 23. The standard InChI is InChI=1S/C65H92N14O19S2/c1-38(80)56-64(96)73-51(63(95)75-57(39(2)81)65(97)98)37-100-99-36-50(72-59(91)47(28-40-10-4-3-5-11-40)68-52(83)32-76-20-22-77(33-53(84)85)24-26-79(35-55(88)89)27-25-78(23-21-76)34-54(86)87)62(94)70-48(29-41-15-17-43(82)18-16-41)60(92)71-49(30-42-31-67-45-13-7-6-12-44(42)45)61(93)69-46(58(90)74-56)14-8-9-19-66/h3-7,10-13,15-18,31,38-39,46-51,53,56-57,67,80-82,84-85H,8-9,14,19-30,32-37,66H2,1-2H3,(H,68,83)(H,69,93)(H,70,94)(H,71,92)(H,72,91)(H,73,96)(H,74,90)(H,75,95)(H,86,87)(H,88,89)(H,97,98)/t38-,39-,46+,47-,48+,49-,50+,51+,56+,57+/m1/s1. The van der Waals surface area contributed by atoms with Crippen LogP contribution in [0.5, 0.6) is 5.75 Å². The zero-order valence-corrected chi connectivity index (χ0v) is 57.2. The summed E-state index contributed by atoms with van der Waals surface area (Å²) in [5.74, 6) is -12.7. The lowest BCUT2D eigenvalue weighted by Crippen LogP contribution is -2.62. The summed E-state index contributed by atoms with van der Waals surface area (Å²) in [5, 5.41) is 103. The number of amides is 8. The minimum atomic E-state index is -1.91. The van der Waals surface area contributed by atoms with Crippen LogP contribution in [0.4, 0.5) is 0 Å². The molecular weight excluding hydrogens is 1340 g/mol. The Bertz CT molecular complexity index is 3390. The van der Waals surface area contributed by atoms with Crippen molar-refractivity contribution in [1.82, 2.24) is 67.1 Å². The van der Waals surface area contributed by atoms with Gasteiger partial charge in [-0.3, -0.25) is 67.5 Å². The second kappa shape index (κ2) is 40.7. The number of aliphatic carboxylic acids is 3. The van der Waals surface area contributed by atoms with Gasteiger partial charge in [-0.05, 0) is 74.5 Å². The van der Waals surface area contributed by atoms with E-state index in [1.54, 1.807) is 80.4 Å². The van der Waals surface area contributed by atoms with Crippen LogP contribution in [0.1, 0.15) is 49.8 Å². The van der Waals surface area contributed by atoms with E-state index in [9.17, 15) is 79.2 Å². The number of aromatic nitrogens is 1. The second-order valence-corrected chi connectivity index (χ2v) is 27.1. The largest absolute Gasteiger partial charge is 0.508 e. The van der Waals surface area contributed by atoms with Crippen LogP contribution in [-0.4, -0.2) is 294 Å². The first-order valence-corrected chi connectivity index (χ1v) is 35.2. The summed E-state index contributed by atoms with van der Waals surface area (Å²) in [7, 11) is 1.67. The molecule has 0 unspecified atom stereocenters. The van der Waals surface area contributed by atoms with Crippen molar-refractivity contribution >= 4 is 97.7 Å². The van der Waals surface area contributed by atoms with Crippen molar-refractivity contribution < 1.29 is 93.6 Å². The predicted octanol–water partition coefficient (Wildman–Crippen LogP) is -4.15. The third kappa shape index (κ3) is 26.9. The molecule has 0 spiro atoms. The Morgan fingerprint density at radius 3 is 1.73 bits per heavy atom. The van der Waals surface area contributed by atoms with Crippen LogP contribution in [-0.2, 0) is 72.0 Å². The quantitative estimate of drug-likeness (QED) is 0.0161. The molecule has 0 aliphatic carbocycles. The second-order valence-electron chi connectivity index (χ2n) is 24.6. The summed E-state index contributed by atoms with van der Waals surface area (Å²) < 4.78 is 0. The van der Waals surface area contributed by atoms with E-state index in [-0.39, 0.29) is 110 Å². The molecule has 8 amide bonds. The molecule has 3 aromatic carbocycles. The number of unbranched alkanes of at least 4 members (excludes halogenated alkanes) is 1. The van der Waals surface area contributed by atoms with Gasteiger partial charge in [-0.25, -0.2) is 4.79 Å². The molecule has 548 valence electrons. The Labute approximate surface area is 584 Å². The molecule has 0 saturated carbocycles. The average molecular weight is 1440 g/mol. The molecule has 4 aromatic rings. The molecule has 2 fully saturated rings.